The number of aromatic nitrogens is 1. The smallest absolute Gasteiger partial charge is 0.266 e. The first-order chi connectivity index (χ1) is 16.7. The van der Waals surface area contributed by atoms with Crippen molar-refractivity contribution in [1.82, 2.24) is 15.2 Å². The second-order valence-electron chi connectivity index (χ2n) is 9.07. The van der Waals surface area contributed by atoms with Gasteiger partial charge < -0.3 is 19.1 Å². The fraction of sp³-hybridized carbons (Fsp3) is 0.480. The lowest BCUT2D eigenvalue weighted by molar-refractivity contribution is -0.125. The standard InChI is InChI=1S/C25H29N5O3S/c26-15-21-25(33-24(28-21)22-4-1-13-32-22)30-11-7-19(8-12-30)23(31)27-16-18-5-9-29(10-6-18)17-20-3-2-14-34-20/h1-4,13-14,18-19H,5-12,16-17H2,(H,27,31). The van der Waals surface area contributed by atoms with Gasteiger partial charge in [-0.15, -0.1) is 11.3 Å². The highest BCUT2D eigenvalue weighted by Crippen LogP contribution is 2.31. The van der Waals surface area contributed by atoms with Gasteiger partial charge in [-0.1, -0.05) is 6.07 Å². The minimum absolute atomic E-state index is 0.00633. The van der Waals surface area contributed by atoms with Crippen molar-refractivity contribution < 1.29 is 13.6 Å². The van der Waals surface area contributed by atoms with Crippen LogP contribution in [0.2, 0.25) is 0 Å². The minimum atomic E-state index is -0.00633. The van der Waals surface area contributed by atoms with Crippen molar-refractivity contribution in [1.29, 1.82) is 5.26 Å². The Morgan fingerprint density at radius 2 is 2.00 bits per heavy atom. The third kappa shape index (κ3) is 5.18. The molecule has 2 fully saturated rings. The van der Waals surface area contributed by atoms with Crippen LogP contribution in [0.3, 0.4) is 0 Å². The molecule has 0 unspecified atom stereocenters. The topological polar surface area (TPSA) is 98.5 Å². The van der Waals surface area contributed by atoms with Gasteiger partial charge in [-0.3, -0.25) is 9.69 Å². The third-order valence-corrected chi connectivity index (χ3v) is 7.69. The van der Waals surface area contributed by atoms with Crippen LogP contribution in [0.15, 0.2) is 44.7 Å². The van der Waals surface area contributed by atoms with Crippen LogP contribution in [0.5, 0.6) is 0 Å². The van der Waals surface area contributed by atoms with Crippen LogP contribution in [0.1, 0.15) is 36.3 Å². The Morgan fingerprint density at radius 1 is 1.18 bits per heavy atom. The molecule has 9 heteroatoms. The molecule has 0 bridgehead atoms. The molecule has 178 valence electrons. The molecule has 5 rings (SSSR count). The number of nitrogens with zero attached hydrogens (tertiary/aromatic N) is 4. The molecule has 2 aliphatic heterocycles. The summed E-state index contributed by atoms with van der Waals surface area (Å²) in [5.74, 6) is 1.95. The van der Waals surface area contributed by atoms with Crippen molar-refractivity contribution in [3.05, 3.63) is 46.5 Å². The molecule has 8 nitrogen and oxygen atoms in total. The van der Waals surface area contributed by atoms with E-state index in [0.717, 1.165) is 51.9 Å². The highest BCUT2D eigenvalue weighted by molar-refractivity contribution is 7.09. The van der Waals surface area contributed by atoms with Crippen molar-refractivity contribution in [3.8, 4) is 17.7 Å². The van der Waals surface area contributed by atoms with Gasteiger partial charge in [0.2, 0.25) is 17.5 Å². The Bertz CT molecular complexity index is 1100. The van der Waals surface area contributed by atoms with E-state index < -0.39 is 0 Å². The van der Waals surface area contributed by atoms with Crippen LogP contribution in [-0.4, -0.2) is 48.5 Å². The van der Waals surface area contributed by atoms with Crippen molar-refractivity contribution in [2.75, 3.05) is 37.6 Å². The molecule has 1 amide bonds. The first kappa shape index (κ1) is 22.7. The molecule has 0 radical (unpaired) electrons. The van der Waals surface area contributed by atoms with Crippen molar-refractivity contribution >= 4 is 23.1 Å². The molecule has 0 aromatic carbocycles. The number of oxazole rings is 1. The van der Waals surface area contributed by atoms with Crippen LogP contribution >= 0.6 is 11.3 Å². The van der Waals surface area contributed by atoms with Crippen LogP contribution in [-0.2, 0) is 11.3 Å². The summed E-state index contributed by atoms with van der Waals surface area (Å²) in [6.45, 7) is 5.29. The Morgan fingerprint density at radius 3 is 2.68 bits per heavy atom. The fourth-order valence-electron chi connectivity index (χ4n) is 4.81. The largest absolute Gasteiger partial charge is 0.459 e. The number of carbonyl (C=O) groups is 1. The van der Waals surface area contributed by atoms with E-state index in [4.69, 9.17) is 8.83 Å². The maximum absolute atomic E-state index is 12.8. The predicted octanol–water partition coefficient (Wildman–Crippen LogP) is 4.11. The summed E-state index contributed by atoms with van der Waals surface area (Å²) in [6.07, 6.45) is 5.26. The molecule has 0 saturated carbocycles. The van der Waals surface area contributed by atoms with Gasteiger partial charge in [0.15, 0.2) is 5.76 Å². The zero-order valence-corrected chi connectivity index (χ0v) is 19.9. The van der Waals surface area contributed by atoms with Gasteiger partial charge in [-0.05, 0) is 68.3 Å². The molecule has 0 aliphatic carbocycles. The normalized spacial score (nSPS) is 18.1. The van der Waals surface area contributed by atoms with Gasteiger partial charge in [-0.25, -0.2) is 0 Å². The summed E-state index contributed by atoms with van der Waals surface area (Å²) < 4.78 is 11.2. The minimum Gasteiger partial charge on any atom is -0.459 e. The molecular weight excluding hydrogens is 450 g/mol. The number of piperidine rings is 2. The summed E-state index contributed by atoms with van der Waals surface area (Å²) in [7, 11) is 0. The van der Waals surface area contributed by atoms with E-state index >= 15 is 0 Å². The van der Waals surface area contributed by atoms with E-state index in [-0.39, 0.29) is 17.5 Å². The molecule has 3 aromatic heterocycles. The van der Waals surface area contributed by atoms with Gasteiger partial charge >= 0.3 is 0 Å². The quantitative estimate of drug-likeness (QED) is 0.544. The molecule has 3 aromatic rings. The molecule has 2 saturated heterocycles. The Labute approximate surface area is 203 Å². The van der Waals surface area contributed by atoms with E-state index in [9.17, 15) is 10.1 Å². The maximum Gasteiger partial charge on any atom is 0.266 e. The highest BCUT2D eigenvalue weighted by Gasteiger charge is 2.30. The van der Waals surface area contributed by atoms with Crippen molar-refractivity contribution in [3.63, 3.8) is 0 Å². The lowest BCUT2D eigenvalue weighted by Gasteiger charge is -2.33. The average Bonchev–Trinajstić information content (AvgIpc) is 3.65. The summed E-state index contributed by atoms with van der Waals surface area (Å²) in [5.41, 5.74) is 0.250. The zero-order valence-electron chi connectivity index (χ0n) is 19.1. The summed E-state index contributed by atoms with van der Waals surface area (Å²) >= 11 is 1.82. The Balaban J connectivity index is 1.07. The number of rotatable bonds is 7. The van der Waals surface area contributed by atoms with Gasteiger partial charge in [0.1, 0.15) is 6.07 Å². The summed E-state index contributed by atoms with van der Waals surface area (Å²) in [5, 5.41) is 14.8. The summed E-state index contributed by atoms with van der Waals surface area (Å²) in [6, 6.07) is 9.92. The van der Waals surface area contributed by atoms with E-state index in [1.165, 1.54) is 4.88 Å². The highest BCUT2D eigenvalue weighted by atomic mass is 32.1. The molecule has 0 atom stereocenters. The summed E-state index contributed by atoms with van der Waals surface area (Å²) in [4.78, 5) is 23.0. The third-order valence-electron chi connectivity index (χ3n) is 6.83. The van der Waals surface area contributed by atoms with Crippen LogP contribution in [0.4, 0.5) is 5.88 Å². The lowest BCUT2D eigenvalue weighted by atomic mass is 9.94. The molecule has 34 heavy (non-hydrogen) atoms. The first-order valence-electron chi connectivity index (χ1n) is 11.9. The lowest BCUT2D eigenvalue weighted by Crippen LogP contribution is -2.43. The number of nitrogens with one attached hydrogen (secondary N) is 1. The molecule has 5 heterocycles. The average molecular weight is 480 g/mol. The number of carbonyl (C=O) groups excluding carboxylic acids is 1. The van der Waals surface area contributed by atoms with Gasteiger partial charge in [0.25, 0.3) is 5.89 Å². The second kappa shape index (κ2) is 10.5. The number of thiophene rings is 1. The number of amides is 1. The first-order valence-corrected chi connectivity index (χ1v) is 12.8. The number of anilines is 1. The second-order valence-corrected chi connectivity index (χ2v) is 10.1. The van der Waals surface area contributed by atoms with Crippen molar-refractivity contribution in [2.24, 2.45) is 11.8 Å². The Kier molecular flexibility index (Phi) is 6.97. The molecule has 1 N–H and O–H groups in total. The molecule has 0 spiro atoms. The number of furan rings is 1. The number of likely N-dealkylation sites (tertiary alicyclic amines) is 1. The SMILES string of the molecule is N#Cc1nc(-c2ccco2)oc1N1CCC(C(=O)NCC2CCN(Cc3cccs3)CC2)CC1. The van der Waals surface area contributed by atoms with Crippen molar-refractivity contribution in [2.45, 2.75) is 32.2 Å². The number of hydrogen-bond donors (Lipinski definition) is 1. The number of hydrogen-bond acceptors (Lipinski definition) is 8. The van der Waals surface area contributed by atoms with Crippen LogP contribution in [0.25, 0.3) is 11.7 Å². The Hall–Kier alpha value is -3.09. The monoisotopic (exact) mass is 479 g/mol. The number of nitriles is 1. The van der Waals surface area contributed by atoms with Gasteiger partial charge in [0.05, 0.1) is 6.26 Å². The van der Waals surface area contributed by atoms with E-state index in [2.05, 4.69) is 38.8 Å². The van der Waals surface area contributed by atoms with E-state index in [1.54, 1.807) is 18.4 Å². The molecular formula is C25H29N5O3S. The van der Waals surface area contributed by atoms with Gasteiger partial charge in [0, 0.05) is 37.0 Å². The van der Waals surface area contributed by atoms with Crippen LogP contribution in [0, 0.1) is 23.2 Å². The zero-order chi connectivity index (χ0) is 23.3. The predicted molar refractivity (Wildman–Crippen MR) is 129 cm³/mol. The van der Waals surface area contributed by atoms with E-state index in [1.807, 2.05) is 16.2 Å². The fourth-order valence-corrected chi connectivity index (χ4v) is 5.56. The molecule has 2 aliphatic rings. The van der Waals surface area contributed by atoms with E-state index in [0.29, 0.717) is 36.5 Å². The maximum atomic E-state index is 12.8. The van der Waals surface area contributed by atoms with Gasteiger partial charge in [-0.2, -0.15) is 10.2 Å². The van der Waals surface area contributed by atoms with Crippen LogP contribution < -0.4 is 10.2 Å².